The summed E-state index contributed by atoms with van der Waals surface area (Å²) in [6.45, 7) is 5.05. The van der Waals surface area contributed by atoms with Crippen molar-refractivity contribution in [2.45, 2.75) is 26.6 Å². The SMILES string of the molecule is CCOC1=C(C)C(=O)[C@](C)(O)O1. The molecular formula is C8H12O4. The molecule has 12 heavy (non-hydrogen) atoms. The maximum atomic E-state index is 11.2. The molecule has 1 rings (SSSR count). The van der Waals surface area contributed by atoms with Gasteiger partial charge in [0, 0.05) is 6.92 Å². The lowest BCUT2D eigenvalue weighted by Crippen LogP contribution is -2.32. The predicted molar refractivity (Wildman–Crippen MR) is 41.0 cm³/mol. The van der Waals surface area contributed by atoms with Crippen LogP contribution in [0.5, 0.6) is 0 Å². The normalized spacial score (nSPS) is 29.2. The van der Waals surface area contributed by atoms with E-state index in [-0.39, 0.29) is 5.95 Å². The van der Waals surface area contributed by atoms with Crippen LogP contribution in [0, 0.1) is 0 Å². The van der Waals surface area contributed by atoms with Gasteiger partial charge in [0.05, 0.1) is 12.2 Å². The first-order valence-electron chi connectivity index (χ1n) is 3.79. The largest absolute Gasteiger partial charge is 0.465 e. The number of Topliss-reactive ketones (excluding diaryl/α,β-unsaturated/α-hetero) is 1. The number of carbonyl (C=O) groups is 1. The number of hydrogen-bond donors (Lipinski definition) is 1. The number of carbonyl (C=O) groups excluding carboxylic acids is 1. The van der Waals surface area contributed by atoms with Gasteiger partial charge in [-0.25, -0.2) is 0 Å². The van der Waals surface area contributed by atoms with Gasteiger partial charge in [-0.3, -0.25) is 4.79 Å². The first kappa shape index (κ1) is 9.06. The molecule has 0 fully saturated rings. The second-order valence-corrected chi connectivity index (χ2v) is 2.76. The molecule has 0 aromatic carbocycles. The molecular weight excluding hydrogens is 160 g/mol. The Morgan fingerprint density at radius 3 is 2.58 bits per heavy atom. The van der Waals surface area contributed by atoms with Crippen molar-refractivity contribution in [1.29, 1.82) is 0 Å². The predicted octanol–water partition coefficient (Wildman–Crippen LogP) is 0.562. The molecule has 0 saturated heterocycles. The Kier molecular flexibility index (Phi) is 2.10. The summed E-state index contributed by atoms with van der Waals surface area (Å²) in [5.41, 5.74) is 0.335. The zero-order valence-corrected chi connectivity index (χ0v) is 7.38. The summed E-state index contributed by atoms with van der Waals surface area (Å²) in [5, 5.41) is 9.34. The monoisotopic (exact) mass is 172 g/mol. The lowest BCUT2D eigenvalue weighted by Gasteiger charge is -2.15. The van der Waals surface area contributed by atoms with E-state index in [9.17, 15) is 9.90 Å². The molecule has 1 atom stereocenters. The highest BCUT2D eigenvalue weighted by Gasteiger charge is 2.43. The molecule has 1 aliphatic rings. The molecule has 1 N–H and O–H groups in total. The van der Waals surface area contributed by atoms with E-state index >= 15 is 0 Å². The van der Waals surface area contributed by atoms with Gasteiger partial charge in [-0.05, 0) is 13.8 Å². The second-order valence-electron chi connectivity index (χ2n) is 2.76. The molecule has 0 aliphatic carbocycles. The Bertz CT molecular complexity index is 239. The fourth-order valence-corrected chi connectivity index (χ4v) is 1.01. The molecule has 0 spiro atoms. The average Bonchev–Trinajstić information content (AvgIpc) is 2.16. The van der Waals surface area contributed by atoms with Crippen molar-refractivity contribution in [3.8, 4) is 0 Å². The first-order valence-corrected chi connectivity index (χ1v) is 3.79. The molecule has 0 amide bonds. The van der Waals surface area contributed by atoms with Gasteiger partial charge in [-0.1, -0.05) is 0 Å². The van der Waals surface area contributed by atoms with Gasteiger partial charge < -0.3 is 14.6 Å². The molecule has 0 radical (unpaired) electrons. The maximum Gasteiger partial charge on any atom is 0.289 e. The van der Waals surface area contributed by atoms with Crippen molar-refractivity contribution in [3.05, 3.63) is 11.5 Å². The standard InChI is InChI=1S/C8H12O4/c1-4-11-7-5(2)6(9)8(3,10)12-7/h10H,4H2,1-3H3/t8-/m1/s1. The number of aliphatic hydroxyl groups is 1. The van der Waals surface area contributed by atoms with E-state index in [0.29, 0.717) is 12.2 Å². The zero-order chi connectivity index (χ0) is 9.35. The van der Waals surface area contributed by atoms with Gasteiger partial charge >= 0.3 is 0 Å². The van der Waals surface area contributed by atoms with Crippen LogP contribution in [-0.2, 0) is 14.3 Å². The van der Waals surface area contributed by atoms with Crippen LogP contribution in [0.1, 0.15) is 20.8 Å². The van der Waals surface area contributed by atoms with E-state index in [1.54, 1.807) is 13.8 Å². The van der Waals surface area contributed by atoms with E-state index in [0.717, 1.165) is 0 Å². The zero-order valence-electron chi connectivity index (χ0n) is 7.38. The molecule has 4 heteroatoms. The first-order chi connectivity index (χ1) is 5.49. The van der Waals surface area contributed by atoms with Gasteiger partial charge in [0.25, 0.3) is 11.7 Å². The van der Waals surface area contributed by atoms with Crippen LogP contribution in [0.3, 0.4) is 0 Å². The molecule has 0 bridgehead atoms. The van der Waals surface area contributed by atoms with Gasteiger partial charge in [-0.15, -0.1) is 0 Å². The Morgan fingerprint density at radius 1 is 1.67 bits per heavy atom. The quantitative estimate of drug-likeness (QED) is 0.661. The number of ether oxygens (including phenoxy) is 2. The van der Waals surface area contributed by atoms with E-state index < -0.39 is 11.6 Å². The van der Waals surface area contributed by atoms with Gasteiger partial charge in [0.2, 0.25) is 5.78 Å². The fourth-order valence-electron chi connectivity index (χ4n) is 1.01. The second kappa shape index (κ2) is 2.79. The number of ketones is 1. The molecule has 0 unspecified atom stereocenters. The van der Waals surface area contributed by atoms with Crippen LogP contribution >= 0.6 is 0 Å². The third kappa shape index (κ3) is 1.30. The summed E-state index contributed by atoms with van der Waals surface area (Å²) in [6, 6.07) is 0. The van der Waals surface area contributed by atoms with Crippen LogP contribution in [0.25, 0.3) is 0 Å². The summed E-state index contributed by atoms with van der Waals surface area (Å²) in [7, 11) is 0. The highest BCUT2D eigenvalue weighted by atomic mass is 16.7. The van der Waals surface area contributed by atoms with Crippen LogP contribution in [-0.4, -0.2) is 23.3 Å². The van der Waals surface area contributed by atoms with Crippen LogP contribution in [0.4, 0.5) is 0 Å². The smallest absolute Gasteiger partial charge is 0.289 e. The van der Waals surface area contributed by atoms with Crippen molar-refractivity contribution in [2.24, 2.45) is 0 Å². The Labute approximate surface area is 70.8 Å². The summed E-state index contributed by atoms with van der Waals surface area (Å²) in [4.78, 5) is 11.2. The van der Waals surface area contributed by atoms with Crippen LogP contribution in [0.2, 0.25) is 0 Å². The molecule has 68 valence electrons. The molecule has 1 heterocycles. The molecule has 0 aromatic heterocycles. The summed E-state index contributed by atoms with van der Waals surface area (Å²) in [6.07, 6.45) is 0. The van der Waals surface area contributed by atoms with Crippen molar-refractivity contribution >= 4 is 5.78 Å². The van der Waals surface area contributed by atoms with E-state index in [4.69, 9.17) is 9.47 Å². The van der Waals surface area contributed by atoms with Gasteiger partial charge in [-0.2, -0.15) is 0 Å². The Balaban J connectivity index is 2.84. The summed E-state index contributed by atoms with van der Waals surface area (Å²) < 4.78 is 9.87. The van der Waals surface area contributed by atoms with Crippen LogP contribution in [0.15, 0.2) is 11.5 Å². The van der Waals surface area contributed by atoms with E-state index in [1.165, 1.54) is 6.92 Å². The summed E-state index contributed by atoms with van der Waals surface area (Å²) >= 11 is 0. The maximum absolute atomic E-state index is 11.2. The van der Waals surface area contributed by atoms with E-state index in [1.807, 2.05) is 0 Å². The third-order valence-electron chi connectivity index (χ3n) is 1.63. The number of hydrogen-bond acceptors (Lipinski definition) is 4. The van der Waals surface area contributed by atoms with E-state index in [2.05, 4.69) is 0 Å². The topological polar surface area (TPSA) is 55.8 Å². The average molecular weight is 172 g/mol. The Morgan fingerprint density at radius 2 is 2.25 bits per heavy atom. The van der Waals surface area contributed by atoms with Crippen LogP contribution < -0.4 is 0 Å². The minimum absolute atomic E-state index is 0.132. The molecule has 0 saturated carbocycles. The number of rotatable bonds is 2. The van der Waals surface area contributed by atoms with Crippen molar-refractivity contribution < 1.29 is 19.4 Å². The van der Waals surface area contributed by atoms with Gasteiger partial charge in [0.15, 0.2) is 0 Å². The summed E-state index contributed by atoms with van der Waals surface area (Å²) in [5.74, 6) is -2.05. The molecule has 4 nitrogen and oxygen atoms in total. The molecule has 0 aromatic rings. The van der Waals surface area contributed by atoms with Crippen molar-refractivity contribution in [3.63, 3.8) is 0 Å². The van der Waals surface area contributed by atoms with Crippen molar-refractivity contribution in [2.75, 3.05) is 6.61 Å². The molecule has 1 aliphatic heterocycles. The lowest BCUT2D eigenvalue weighted by molar-refractivity contribution is -0.183. The minimum Gasteiger partial charge on any atom is -0.465 e. The van der Waals surface area contributed by atoms with Crippen molar-refractivity contribution in [1.82, 2.24) is 0 Å². The Hall–Kier alpha value is -1.03. The fraction of sp³-hybridized carbons (Fsp3) is 0.625. The third-order valence-corrected chi connectivity index (χ3v) is 1.63. The highest BCUT2D eigenvalue weighted by molar-refractivity contribution is 6.01. The lowest BCUT2D eigenvalue weighted by atomic mass is 10.1. The van der Waals surface area contributed by atoms with Gasteiger partial charge in [0.1, 0.15) is 0 Å². The highest BCUT2D eigenvalue weighted by Crippen LogP contribution is 2.28. The minimum atomic E-state index is -1.74.